The van der Waals surface area contributed by atoms with Crippen LogP contribution in [0.2, 0.25) is 5.02 Å². The molecule has 2 nitrogen and oxygen atoms in total. The van der Waals surface area contributed by atoms with Crippen LogP contribution in [-0.2, 0) is 11.4 Å². The number of rotatable bonds is 2. The Labute approximate surface area is 104 Å². The van der Waals surface area contributed by atoms with Crippen molar-refractivity contribution in [2.75, 3.05) is 5.75 Å². The Hall–Kier alpha value is -0.950. The van der Waals surface area contributed by atoms with Crippen molar-refractivity contribution in [3.63, 3.8) is 0 Å². The van der Waals surface area contributed by atoms with Gasteiger partial charge in [-0.05, 0) is 23.8 Å². The number of carbonyl (C=O) groups excluding carboxylic acids is 1. The first kappa shape index (κ1) is 13.1. The lowest BCUT2D eigenvalue weighted by atomic mass is 10.1. The first-order valence-corrected chi connectivity index (χ1v) is 6.01. The lowest BCUT2D eigenvalue weighted by molar-refractivity contribution is -0.109. The summed E-state index contributed by atoms with van der Waals surface area (Å²) >= 11 is 7.02. The minimum absolute atomic E-state index is 0.0569. The van der Waals surface area contributed by atoms with Crippen LogP contribution in [0.4, 0.5) is 0 Å². The standard InChI is InChI=1S/C12H11ClO2S/c1-9(15)16-6-2-3-10-4-5-12(13)11(7-10)8-14/h4-5,7,14H,6,8H2,1H3. The lowest BCUT2D eigenvalue weighted by Gasteiger charge is -1.99. The van der Waals surface area contributed by atoms with E-state index >= 15 is 0 Å². The van der Waals surface area contributed by atoms with Crippen molar-refractivity contribution in [2.24, 2.45) is 0 Å². The second-order valence-corrected chi connectivity index (χ2v) is 4.61. The van der Waals surface area contributed by atoms with E-state index in [4.69, 9.17) is 16.7 Å². The normalized spacial score (nSPS) is 9.44. The maximum atomic E-state index is 10.6. The summed E-state index contributed by atoms with van der Waals surface area (Å²) in [5.74, 6) is 6.26. The first-order valence-electron chi connectivity index (χ1n) is 4.65. The summed E-state index contributed by atoms with van der Waals surface area (Å²) in [5.41, 5.74) is 1.45. The molecular weight excluding hydrogens is 244 g/mol. The Morgan fingerprint density at radius 2 is 2.31 bits per heavy atom. The number of carbonyl (C=O) groups is 1. The van der Waals surface area contributed by atoms with Crippen LogP contribution in [0.1, 0.15) is 18.1 Å². The zero-order valence-corrected chi connectivity index (χ0v) is 10.4. The van der Waals surface area contributed by atoms with Gasteiger partial charge < -0.3 is 5.11 Å². The van der Waals surface area contributed by atoms with Gasteiger partial charge in [-0.15, -0.1) is 0 Å². The van der Waals surface area contributed by atoms with E-state index in [1.807, 2.05) is 0 Å². The number of thioether (sulfide) groups is 1. The Balaban J connectivity index is 2.70. The first-order chi connectivity index (χ1) is 7.63. The highest BCUT2D eigenvalue weighted by molar-refractivity contribution is 8.13. The molecule has 0 amide bonds. The fraction of sp³-hybridized carbons (Fsp3) is 0.250. The highest BCUT2D eigenvalue weighted by Crippen LogP contribution is 2.16. The van der Waals surface area contributed by atoms with Gasteiger partial charge >= 0.3 is 0 Å². The van der Waals surface area contributed by atoms with Gasteiger partial charge in [0, 0.05) is 17.5 Å². The number of benzene rings is 1. The zero-order valence-electron chi connectivity index (χ0n) is 8.79. The molecule has 0 aliphatic rings. The third-order valence-electron chi connectivity index (χ3n) is 1.80. The Morgan fingerprint density at radius 1 is 1.56 bits per heavy atom. The average Bonchev–Trinajstić information content (AvgIpc) is 2.26. The number of aliphatic hydroxyl groups excluding tert-OH is 1. The second-order valence-electron chi connectivity index (χ2n) is 3.05. The number of halogens is 1. The molecule has 0 saturated carbocycles. The molecule has 0 aromatic heterocycles. The van der Waals surface area contributed by atoms with Gasteiger partial charge in [-0.3, -0.25) is 4.79 Å². The van der Waals surface area contributed by atoms with Crippen LogP contribution in [0.3, 0.4) is 0 Å². The molecule has 0 fully saturated rings. The summed E-state index contributed by atoms with van der Waals surface area (Å²) in [5, 5.41) is 9.60. The van der Waals surface area contributed by atoms with Crippen molar-refractivity contribution in [2.45, 2.75) is 13.5 Å². The van der Waals surface area contributed by atoms with Crippen molar-refractivity contribution in [3.05, 3.63) is 34.3 Å². The minimum Gasteiger partial charge on any atom is -0.392 e. The van der Waals surface area contributed by atoms with Crippen LogP contribution in [-0.4, -0.2) is 16.0 Å². The van der Waals surface area contributed by atoms with Crippen LogP contribution in [0.25, 0.3) is 0 Å². The van der Waals surface area contributed by atoms with E-state index in [0.29, 0.717) is 16.3 Å². The molecule has 1 aromatic rings. The average molecular weight is 255 g/mol. The van der Waals surface area contributed by atoms with Crippen molar-refractivity contribution in [1.29, 1.82) is 0 Å². The third kappa shape index (κ3) is 4.28. The van der Waals surface area contributed by atoms with Crippen LogP contribution < -0.4 is 0 Å². The molecule has 0 atom stereocenters. The highest BCUT2D eigenvalue weighted by Gasteiger charge is 1.98. The lowest BCUT2D eigenvalue weighted by Crippen LogP contribution is -1.87. The fourth-order valence-corrected chi connectivity index (χ4v) is 1.57. The molecule has 4 heteroatoms. The fourth-order valence-electron chi connectivity index (χ4n) is 1.05. The Bertz CT molecular complexity index is 446. The molecule has 0 bridgehead atoms. The van der Waals surface area contributed by atoms with E-state index in [0.717, 1.165) is 5.56 Å². The summed E-state index contributed by atoms with van der Waals surface area (Å²) < 4.78 is 0. The van der Waals surface area contributed by atoms with E-state index in [1.165, 1.54) is 18.7 Å². The number of hydrogen-bond acceptors (Lipinski definition) is 3. The van der Waals surface area contributed by atoms with Crippen LogP contribution in [0.5, 0.6) is 0 Å². The largest absolute Gasteiger partial charge is 0.392 e. The molecule has 0 aliphatic heterocycles. The van der Waals surface area contributed by atoms with E-state index in [1.54, 1.807) is 18.2 Å². The third-order valence-corrected chi connectivity index (χ3v) is 2.86. The molecule has 0 heterocycles. The van der Waals surface area contributed by atoms with E-state index in [-0.39, 0.29) is 11.7 Å². The maximum absolute atomic E-state index is 10.6. The van der Waals surface area contributed by atoms with Gasteiger partial charge in [0.2, 0.25) is 0 Å². The van der Waals surface area contributed by atoms with Crippen molar-refractivity contribution < 1.29 is 9.90 Å². The molecule has 0 spiro atoms. The molecule has 16 heavy (non-hydrogen) atoms. The predicted octanol–water partition coefficient (Wildman–Crippen LogP) is 2.46. The minimum atomic E-state index is -0.101. The van der Waals surface area contributed by atoms with Gasteiger partial charge in [0.1, 0.15) is 0 Å². The summed E-state index contributed by atoms with van der Waals surface area (Å²) in [6, 6.07) is 5.23. The molecule has 84 valence electrons. The van der Waals surface area contributed by atoms with Gasteiger partial charge in [-0.25, -0.2) is 0 Å². The van der Waals surface area contributed by atoms with Crippen molar-refractivity contribution in [3.8, 4) is 11.8 Å². The van der Waals surface area contributed by atoms with Crippen molar-refractivity contribution >= 4 is 28.5 Å². The van der Waals surface area contributed by atoms with E-state index < -0.39 is 0 Å². The molecule has 0 unspecified atom stereocenters. The Kier molecular flexibility index (Phi) is 5.41. The summed E-state index contributed by atoms with van der Waals surface area (Å²) in [6.07, 6.45) is 0. The topological polar surface area (TPSA) is 37.3 Å². The van der Waals surface area contributed by atoms with Crippen LogP contribution >= 0.6 is 23.4 Å². The van der Waals surface area contributed by atoms with E-state index in [2.05, 4.69) is 11.8 Å². The zero-order chi connectivity index (χ0) is 12.0. The molecule has 0 aliphatic carbocycles. The summed E-state index contributed by atoms with van der Waals surface area (Å²) in [7, 11) is 0. The summed E-state index contributed by atoms with van der Waals surface area (Å²) in [4.78, 5) is 10.6. The van der Waals surface area contributed by atoms with Gasteiger partial charge in [0.05, 0.1) is 12.4 Å². The molecule has 0 radical (unpaired) electrons. The monoisotopic (exact) mass is 254 g/mol. The number of hydrogen-bond donors (Lipinski definition) is 1. The second kappa shape index (κ2) is 6.59. The SMILES string of the molecule is CC(=O)SCC#Cc1ccc(Cl)c(CO)c1. The highest BCUT2D eigenvalue weighted by atomic mass is 35.5. The van der Waals surface area contributed by atoms with E-state index in [9.17, 15) is 4.79 Å². The molecule has 1 N–H and O–H groups in total. The van der Waals surface area contributed by atoms with Gasteiger partial charge in [-0.1, -0.05) is 35.2 Å². The maximum Gasteiger partial charge on any atom is 0.186 e. The molecular formula is C12H11ClO2S. The predicted molar refractivity (Wildman–Crippen MR) is 67.4 cm³/mol. The summed E-state index contributed by atoms with van der Waals surface area (Å²) in [6.45, 7) is 1.41. The van der Waals surface area contributed by atoms with Gasteiger partial charge in [0.25, 0.3) is 0 Å². The van der Waals surface area contributed by atoms with Crippen LogP contribution in [0, 0.1) is 11.8 Å². The number of aliphatic hydroxyl groups is 1. The molecule has 0 saturated heterocycles. The Morgan fingerprint density at radius 3 is 2.94 bits per heavy atom. The van der Waals surface area contributed by atoms with Gasteiger partial charge in [0.15, 0.2) is 5.12 Å². The van der Waals surface area contributed by atoms with Crippen molar-refractivity contribution in [1.82, 2.24) is 0 Å². The molecule has 1 aromatic carbocycles. The molecule has 1 rings (SSSR count). The van der Waals surface area contributed by atoms with Gasteiger partial charge in [-0.2, -0.15) is 0 Å². The smallest absolute Gasteiger partial charge is 0.186 e. The quantitative estimate of drug-likeness (QED) is 0.824. The van der Waals surface area contributed by atoms with Crippen LogP contribution in [0.15, 0.2) is 18.2 Å².